The summed E-state index contributed by atoms with van der Waals surface area (Å²) in [5, 5.41) is 2.96. The first-order valence-electron chi connectivity index (χ1n) is 11.2. The molecule has 1 saturated heterocycles. The summed E-state index contributed by atoms with van der Waals surface area (Å²) in [5.74, 6) is 0.224. The molecule has 0 aliphatic carbocycles. The Morgan fingerprint density at radius 3 is 2.29 bits per heavy atom. The lowest BCUT2D eigenvalue weighted by molar-refractivity contribution is -0.896. The Bertz CT molecular complexity index is 902. The van der Waals surface area contributed by atoms with Crippen LogP contribution >= 0.6 is 0 Å². The van der Waals surface area contributed by atoms with Crippen LogP contribution in [-0.4, -0.2) is 63.0 Å². The van der Waals surface area contributed by atoms with Crippen LogP contribution in [0.2, 0.25) is 0 Å². The monoisotopic (exact) mass is 424 g/mol. The third kappa shape index (κ3) is 6.91. The molecular weight excluding hydrogens is 388 g/mol. The zero-order chi connectivity index (χ0) is 22.4. The lowest BCUT2D eigenvalue weighted by atomic mass is 10.1. The van der Waals surface area contributed by atoms with E-state index < -0.39 is 0 Å². The fourth-order valence-electron chi connectivity index (χ4n) is 4.12. The van der Waals surface area contributed by atoms with E-state index in [0.717, 1.165) is 25.3 Å². The van der Waals surface area contributed by atoms with Gasteiger partial charge in [-0.2, -0.15) is 0 Å². The lowest BCUT2D eigenvalue weighted by Gasteiger charge is -2.32. The number of nitrogens with one attached hydrogen (secondary N) is 3. The van der Waals surface area contributed by atoms with Crippen LogP contribution in [0.1, 0.15) is 22.3 Å². The van der Waals surface area contributed by atoms with E-state index in [-0.39, 0.29) is 11.8 Å². The van der Waals surface area contributed by atoms with Crippen LogP contribution in [0.15, 0.2) is 42.5 Å². The number of likely N-dealkylation sites (N-methyl/N-ethyl adjacent to an activating group) is 1. The molecule has 3 N–H and O–H groups in total. The molecule has 0 spiro atoms. The molecule has 6 nitrogen and oxygen atoms in total. The van der Waals surface area contributed by atoms with E-state index in [4.69, 9.17) is 0 Å². The number of carbonyl (C=O) groups is 2. The molecule has 1 fully saturated rings. The SMILES string of the molecule is Cc1ccc(NC(=O)C[NH+]2CCN(C(=O)C[NH+](C)Cc3ccc(C)cc3C)CC2)cc1. The number of amides is 2. The molecule has 0 radical (unpaired) electrons. The molecule has 0 saturated carbocycles. The van der Waals surface area contributed by atoms with Crippen molar-refractivity contribution in [1.82, 2.24) is 4.90 Å². The smallest absolute Gasteiger partial charge is 0.279 e. The van der Waals surface area contributed by atoms with Crippen LogP contribution in [0.25, 0.3) is 0 Å². The third-order valence-corrected chi connectivity index (χ3v) is 6.01. The van der Waals surface area contributed by atoms with E-state index in [1.165, 1.54) is 32.1 Å². The molecule has 1 atom stereocenters. The average Bonchev–Trinajstić information content (AvgIpc) is 2.72. The van der Waals surface area contributed by atoms with E-state index in [1.807, 2.05) is 36.1 Å². The van der Waals surface area contributed by atoms with E-state index in [9.17, 15) is 9.59 Å². The van der Waals surface area contributed by atoms with Crippen LogP contribution in [0.3, 0.4) is 0 Å². The molecular formula is C25H36N4O2+2. The van der Waals surface area contributed by atoms with Crippen LogP contribution in [0.4, 0.5) is 5.69 Å². The lowest BCUT2D eigenvalue weighted by Crippen LogP contribution is -3.16. The molecule has 2 aromatic carbocycles. The van der Waals surface area contributed by atoms with Crippen LogP contribution in [-0.2, 0) is 16.1 Å². The second-order valence-electron chi connectivity index (χ2n) is 8.96. The van der Waals surface area contributed by atoms with Gasteiger partial charge in [0.25, 0.3) is 11.8 Å². The van der Waals surface area contributed by atoms with Gasteiger partial charge in [0.1, 0.15) is 6.54 Å². The number of aryl methyl sites for hydroxylation is 3. The Morgan fingerprint density at radius 2 is 1.65 bits per heavy atom. The maximum absolute atomic E-state index is 12.8. The van der Waals surface area contributed by atoms with E-state index in [0.29, 0.717) is 26.2 Å². The summed E-state index contributed by atoms with van der Waals surface area (Å²) in [4.78, 5) is 29.5. The van der Waals surface area contributed by atoms with Crippen LogP contribution < -0.4 is 15.1 Å². The molecule has 0 bridgehead atoms. The number of hydrogen-bond acceptors (Lipinski definition) is 2. The van der Waals surface area contributed by atoms with Crippen molar-refractivity contribution in [3.8, 4) is 0 Å². The molecule has 1 aliphatic heterocycles. The third-order valence-electron chi connectivity index (χ3n) is 6.01. The van der Waals surface area contributed by atoms with Gasteiger partial charge in [0.05, 0.1) is 33.2 Å². The van der Waals surface area contributed by atoms with Gasteiger partial charge in [-0.15, -0.1) is 0 Å². The first kappa shape index (κ1) is 23.0. The van der Waals surface area contributed by atoms with Gasteiger partial charge in [0, 0.05) is 11.3 Å². The molecule has 2 amide bonds. The maximum atomic E-state index is 12.8. The molecule has 31 heavy (non-hydrogen) atoms. The van der Waals surface area contributed by atoms with E-state index >= 15 is 0 Å². The number of hydrogen-bond donors (Lipinski definition) is 3. The highest BCUT2D eigenvalue weighted by atomic mass is 16.2. The number of rotatable bonds is 7. The first-order chi connectivity index (χ1) is 14.8. The van der Waals surface area contributed by atoms with Crippen LogP contribution in [0.5, 0.6) is 0 Å². The van der Waals surface area contributed by atoms with Crippen molar-refractivity contribution >= 4 is 17.5 Å². The normalized spacial score (nSPS) is 15.5. The summed E-state index contributed by atoms with van der Waals surface area (Å²) in [6.07, 6.45) is 0. The standard InChI is InChI=1S/C25H34N4O2/c1-19-6-9-23(10-7-19)26-24(30)17-28-11-13-29(14-12-28)25(31)18-27(4)16-22-8-5-20(2)15-21(22)3/h5-10,15H,11-14,16-18H2,1-4H3,(H,26,30)/p+2. The predicted octanol–water partition coefficient (Wildman–Crippen LogP) is -0.00764. The largest absolute Gasteiger partial charge is 0.327 e. The van der Waals surface area contributed by atoms with Crippen molar-refractivity contribution in [2.75, 3.05) is 51.6 Å². The summed E-state index contributed by atoms with van der Waals surface area (Å²) >= 11 is 0. The van der Waals surface area contributed by atoms with Gasteiger partial charge in [0.15, 0.2) is 13.1 Å². The summed E-state index contributed by atoms with van der Waals surface area (Å²) in [6, 6.07) is 14.3. The quantitative estimate of drug-likeness (QED) is 0.586. The van der Waals surface area contributed by atoms with Gasteiger partial charge >= 0.3 is 0 Å². The number of carbonyl (C=O) groups excluding carboxylic acids is 2. The Morgan fingerprint density at radius 1 is 1.00 bits per heavy atom. The number of nitrogens with zero attached hydrogens (tertiary/aromatic N) is 1. The Labute approximate surface area is 185 Å². The highest BCUT2D eigenvalue weighted by Crippen LogP contribution is 2.09. The molecule has 1 unspecified atom stereocenters. The highest BCUT2D eigenvalue weighted by molar-refractivity contribution is 5.91. The molecule has 1 heterocycles. The van der Waals surface area contributed by atoms with Crippen molar-refractivity contribution in [2.24, 2.45) is 0 Å². The molecule has 2 aromatic rings. The van der Waals surface area contributed by atoms with Gasteiger partial charge < -0.3 is 20.0 Å². The molecule has 166 valence electrons. The van der Waals surface area contributed by atoms with Crippen molar-refractivity contribution in [3.05, 3.63) is 64.7 Å². The first-order valence-corrected chi connectivity index (χ1v) is 11.2. The molecule has 6 heteroatoms. The minimum atomic E-state index is 0.0243. The van der Waals surface area contributed by atoms with Gasteiger partial charge in [-0.1, -0.05) is 41.5 Å². The zero-order valence-corrected chi connectivity index (χ0v) is 19.3. The van der Waals surface area contributed by atoms with Crippen LogP contribution in [0, 0.1) is 20.8 Å². The summed E-state index contributed by atoms with van der Waals surface area (Å²) in [5.41, 5.74) is 5.85. The van der Waals surface area contributed by atoms with E-state index in [2.05, 4.69) is 44.4 Å². The number of anilines is 1. The predicted molar refractivity (Wildman–Crippen MR) is 123 cm³/mol. The van der Waals surface area contributed by atoms with Gasteiger partial charge in [-0.3, -0.25) is 9.59 Å². The fraction of sp³-hybridized carbons (Fsp3) is 0.440. The number of benzene rings is 2. The minimum absolute atomic E-state index is 0.0243. The Hall–Kier alpha value is -2.70. The fourth-order valence-corrected chi connectivity index (χ4v) is 4.12. The van der Waals surface area contributed by atoms with Crippen molar-refractivity contribution in [2.45, 2.75) is 27.3 Å². The Balaban J connectivity index is 1.40. The molecule has 1 aliphatic rings. The topological polar surface area (TPSA) is 58.3 Å². The number of quaternary nitrogens is 2. The second-order valence-corrected chi connectivity index (χ2v) is 8.96. The molecule has 0 aromatic heterocycles. The highest BCUT2D eigenvalue weighted by Gasteiger charge is 2.27. The summed E-state index contributed by atoms with van der Waals surface area (Å²) in [6.45, 7) is 11.1. The maximum Gasteiger partial charge on any atom is 0.279 e. The number of piperazine rings is 1. The molecule has 3 rings (SSSR count). The second kappa shape index (κ2) is 10.6. The van der Waals surface area contributed by atoms with Gasteiger partial charge in [-0.25, -0.2) is 0 Å². The average molecular weight is 425 g/mol. The zero-order valence-electron chi connectivity index (χ0n) is 19.3. The van der Waals surface area contributed by atoms with Gasteiger partial charge in [-0.05, 0) is 38.5 Å². The van der Waals surface area contributed by atoms with Crippen molar-refractivity contribution in [3.63, 3.8) is 0 Å². The van der Waals surface area contributed by atoms with Gasteiger partial charge in [0.2, 0.25) is 0 Å². The van der Waals surface area contributed by atoms with E-state index in [1.54, 1.807) is 0 Å². The van der Waals surface area contributed by atoms with Crippen molar-refractivity contribution in [1.29, 1.82) is 0 Å². The van der Waals surface area contributed by atoms with Crippen molar-refractivity contribution < 1.29 is 19.4 Å². The minimum Gasteiger partial charge on any atom is -0.327 e. The summed E-state index contributed by atoms with van der Waals surface area (Å²) < 4.78 is 0. The Kier molecular flexibility index (Phi) is 7.82. The summed E-state index contributed by atoms with van der Waals surface area (Å²) in [7, 11) is 2.08.